The minimum atomic E-state index is -4.16. The van der Waals surface area contributed by atoms with E-state index in [1.165, 1.54) is 22.9 Å². The fraction of sp³-hybridized carbons (Fsp3) is 0.360. The summed E-state index contributed by atoms with van der Waals surface area (Å²) in [6.45, 7) is 3.50. The largest absolute Gasteiger partial charge is 0.349 e. The van der Waals surface area contributed by atoms with Crippen molar-refractivity contribution in [3.05, 3.63) is 98.3 Å². The topological polar surface area (TPSA) is 126 Å². The minimum Gasteiger partial charge on any atom is -0.349 e. The molecule has 2 saturated heterocycles. The first kappa shape index (κ1) is 24.6. The molecule has 36 heavy (non-hydrogen) atoms. The number of rotatable bonds is 5. The molecular weight excluding hydrogens is 488 g/mol. The Balaban J connectivity index is 1.48. The summed E-state index contributed by atoms with van der Waals surface area (Å²) >= 11 is 0. The number of aromatic amines is 1. The van der Waals surface area contributed by atoms with E-state index in [1.807, 2.05) is 37.3 Å². The van der Waals surface area contributed by atoms with Crippen molar-refractivity contribution in [2.75, 3.05) is 6.61 Å². The molecule has 5 atom stereocenters. The lowest BCUT2D eigenvalue weighted by atomic mass is 9.99. The van der Waals surface area contributed by atoms with Crippen LogP contribution in [0.15, 0.2) is 75.3 Å². The summed E-state index contributed by atoms with van der Waals surface area (Å²) in [5.41, 5.74) is 0.811. The maximum absolute atomic E-state index is 13.2. The van der Waals surface area contributed by atoms with Crippen molar-refractivity contribution in [3.63, 3.8) is 0 Å². The summed E-state index contributed by atoms with van der Waals surface area (Å²) in [7, 11) is -4.16. The monoisotopic (exact) mass is 514 g/mol. The molecule has 2 aromatic carbocycles. The van der Waals surface area contributed by atoms with Gasteiger partial charge in [0.25, 0.3) is 15.7 Å². The molecule has 2 fully saturated rings. The van der Waals surface area contributed by atoms with Crippen LogP contribution in [-0.2, 0) is 28.5 Å². The highest BCUT2D eigenvalue weighted by Crippen LogP contribution is 2.38. The van der Waals surface area contributed by atoms with Crippen LogP contribution in [0.2, 0.25) is 0 Å². The van der Waals surface area contributed by atoms with E-state index in [-0.39, 0.29) is 17.9 Å². The predicted octanol–water partition coefficient (Wildman–Crippen LogP) is 2.33. The van der Waals surface area contributed by atoms with Crippen LogP contribution in [0.25, 0.3) is 0 Å². The molecule has 5 rings (SSSR count). The van der Waals surface area contributed by atoms with E-state index >= 15 is 0 Å². The molecule has 0 spiro atoms. The van der Waals surface area contributed by atoms with Gasteiger partial charge in [0.2, 0.25) is 0 Å². The zero-order chi connectivity index (χ0) is 25.4. The number of H-pyrrole nitrogens is 1. The van der Waals surface area contributed by atoms with E-state index in [0.29, 0.717) is 5.56 Å². The average molecular weight is 515 g/mol. The van der Waals surface area contributed by atoms with Crippen LogP contribution in [0.4, 0.5) is 0 Å². The van der Waals surface area contributed by atoms with Crippen molar-refractivity contribution in [2.24, 2.45) is 0 Å². The van der Waals surface area contributed by atoms with E-state index < -0.39 is 52.2 Å². The lowest BCUT2D eigenvalue weighted by molar-refractivity contribution is -0.315. The van der Waals surface area contributed by atoms with Crippen molar-refractivity contribution in [1.82, 2.24) is 9.55 Å². The van der Waals surface area contributed by atoms with Gasteiger partial charge in [-0.1, -0.05) is 48.0 Å². The second-order valence-corrected chi connectivity index (χ2v) is 10.5. The number of nitrogens with zero attached hydrogens (tertiary/aromatic N) is 1. The van der Waals surface area contributed by atoms with Gasteiger partial charge < -0.3 is 14.2 Å². The summed E-state index contributed by atoms with van der Waals surface area (Å²) in [6.07, 6.45) is -2.78. The lowest BCUT2D eigenvalue weighted by Gasteiger charge is -2.45. The molecule has 10 nitrogen and oxygen atoms in total. The molecule has 2 aliphatic heterocycles. The Morgan fingerprint density at radius 2 is 1.72 bits per heavy atom. The van der Waals surface area contributed by atoms with Gasteiger partial charge in [-0.05, 0) is 26.0 Å². The summed E-state index contributed by atoms with van der Waals surface area (Å²) in [4.78, 5) is 26.7. The van der Waals surface area contributed by atoms with Gasteiger partial charge in [0.15, 0.2) is 6.29 Å². The van der Waals surface area contributed by atoms with Crippen LogP contribution in [0.3, 0.4) is 0 Å². The Labute approximate surface area is 207 Å². The molecule has 3 aromatic rings. The third-order valence-corrected chi connectivity index (χ3v) is 7.63. The Morgan fingerprint density at radius 3 is 2.44 bits per heavy atom. The number of aryl methyl sites for hydroxylation is 2. The molecule has 11 heteroatoms. The van der Waals surface area contributed by atoms with Crippen molar-refractivity contribution >= 4 is 10.1 Å². The SMILES string of the molecule is Cc1ccc(S(=O)(=O)O[C@@H]2C[C@H](n3cc(C)c(=O)[nH]c3=O)O[C@@H]3COC(c4ccccc4)O[C@H]32)cc1. The molecule has 2 aliphatic rings. The molecule has 1 N–H and O–H groups in total. The second-order valence-electron chi connectivity index (χ2n) is 8.92. The van der Waals surface area contributed by atoms with Crippen molar-refractivity contribution in [2.45, 2.75) is 56.0 Å². The number of aromatic nitrogens is 2. The highest BCUT2D eigenvalue weighted by Gasteiger charge is 2.47. The molecule has 0 radical (unpaired) electrons. The van der Waals surface area contributed by atoms with E-state index in [4.69, 9.17) is 18.4 Å². The van der Waals surface area contributed by atoms with Gasteiger partial charge in [-0.2, -0.15) is 8.42 Å². The predicted molar refractivity (Wildman–Crippen MR) is 128 cm³/mol. The third-order valence-electron chi connectivity index (χ3n) is 6.28. The number of fused-ring (bicyclic) bond motifs is 1. The number of hydrogen-bond donors (Lipinski definition) is 1. The van der Waals surface area contributed by atoms with Crippen molar-refractivity contribution < 1.29 is 26.8 Å². The fourth-order valence-corrected chi connectivity index (χ4v) is 5.46. The van der Waals surface area contributed by atoms with E-state index in [1.54, 1.807) is 19.1 Å². The Bertz CT molecular complexity index is 1450. The third kappa shape index (κ3) is 4.93. The Morgan fingerprint density at radius 1 is 1.00 bits per heavy atom. The normalized spacial score (nSPS) is 26.3. The van der Waals surface area contributed by atoms with Crippen LogP contribution >= 0.6 is 0 Å². The number of ether oxygens (including phenoxy) is 3. The van der Waals surface area contributed by atoms with Gasteiger partial charge in [0.1, 0.15) is 24.5 Å². The summed E-state index contributed by atoms with van der Waals surface area (Å²) in [5, 5.41) is 0. The number of nitrogens with one attached hydrogen (secondary N) is 1. The van der Waals surface area contributed by atoms with Crippen LogP contribution in [-0.4, -0.2) is 42.9 Å². The van der Waals surface area contributed by atoms with Gasteiger partial charge in [-0.15, -0.1) is 0 Å². The smallest absolute Gasteiger partial charge is 0.330 e. The molecule has 0 amide bonds. The van der Waals surface area contributed by atoms with Crippen molar-refractivity contribution in [1.29, 1.82) is 0 Å². The molecule has 0 aliphatic carbocycles. The highest BCUT2D eigenvalue weighted by atomic mass is 32.2. The maximum Gasteiger partial charge on any atom is 0.330 e. The van der Waals surface area contributed by atoms with Gasteiger partial charge in [0.05, 0.1) is 11.5 Å². The molecule has 1 unspecified atom stereocenters. The molecule has 0 saturated carbocycles. The minimum absolute atomic E-state index is 0.0106. The average Bonchev–Trinajstić information content (AvgIpc) is 2.86. The van der Waals surface area contributed by atoms with Crippen LogP contribution in [0, 0.1) is 13.8 Å². The highest BCUT2D eigenvalue weighted by molar-refractivity contribution is 7.86. The van der Waals surface area contributed by atoms with Gasteiger partial charge >= 0.3 is 5.69 Å². The van der Waals surface area contributed by atoms with Gasteiger partial charge in [-0.25, -0.2) is 4.79 Å². The van der Waals surface area contributed by atoms with Crippen LogP contribution < -0.4 is 11.2 Å². The lowest BCUT2D eigenvalue weighted by Crippen LogP contribution is -2.55. The van der Waals surface area contributed by atoms with E-state index in [2.05, 4.69) is 4.98 Å². The molecule has 3 heterocycles. The summed E-state index contributed by atoms with van der Waals surface area (Å²) < 4.78 is 51.5. The van der Waals surface area contributed by atoms with Gasteiger partial charge in [0, 0.05) is 23.7 Å². The first-order chi connectivity index (χ1) is 17.2. The molecule has 0 bridgehead atoms. The van der Waals surface area contributed by atoms with Crippen LogP contribution in [0.1, 0.15) is 35.6 Å². The van der Waals surface area contributed by atoms with Gasteiger partial charge in [-0.3, -0.25) is 18.5 Å². The molecular formula is C25H26N2O8S. The van der Waals surface area contributed by atoms with Crippen molar-refractivity contribution in [3.8, 4) is 0 Å². The number of benzene rings is 2. The molecule has 190 valence electrons. The maximum atomic E-state index is 13.2. The first-order valence-electron chi connectivity index (χ1n) is 11.5. The second kappa shape index (κ2) is 9.75. The van der Waals surface area contributed by atoms with E-state index in [9.17, 15) is 18.0 Å². The number of hydrogen-bond acceptors (Lipinski definition) is 8. The Hall–Kier alpha value is -3.09. The quantitative estimate of drug-likeness (QED) is 0.514. The fourth-order valence-electron chi connectivity index (χ4n) is 4.36. The zero-order valence-corrected chi connectivity index (χ0v) is 20.5. The zero-order valence-electron chi connectivity index (χ0n) is 19.7. The first-order valence-corrected chi connectivity index (χ1v) is 12.9. The summed E-state index contributed by atoms with van der Waals surface area (Å²) in [5.74, 6) is 0. The van der Waals surface area contributed by atoms with E-state index in [0.717, 1.165) is 11.1 Å². The summed E-state index contributed by atoms with van der Waals surface area (Å²) in [6, 6.07) is 15.6. The Kier molecular flexibility index (Phi) is 6.66. The molecule has 1 aromatic heterocycles. The standard InChI is InChI=1S/C25H26N2O8S/c1-15-8-10-18(11-9-15)36(30,31)35-19-12-21(27-13-16(2)23(28)26-25(27)29)33-20-14-32-24(34-22(19)20)17-6-4-3-5-7-17/h3-11,13,19-22,24H,12,14H2,1-2H3,(H,26,28,29)/t19-,20-,21-,22+,24?/m1/s1. The van der Waals surface area contributed by atoms with Crippen LogP contribution in [0.5, 0.6) is 0 Å².